The van der Waals surface area contributed by atoms with Crippen LogP contribution in [0.1, 0.15) is 20.8 Å². The zero-order valence-corrected chi connectivity index (χ0v) is 15.0. The summed E-state index contributed by atoms with van der Waals surface area (Å²) >= 11 is 2.25. The molecule has 21 heavy (non-hydrogen) atoms. The van der Waals surface area contributed by atoms with Gasteiger partial charge in [0.05, 0.1) is 6.54 Å². The number of piperazine rings is 1. The largest absolute Gasteiger partial charge is 0.459 e. The summed E-state index contributed by atoms with van der Waals surface area (Å²) < 4.78 is 6.50. The number of ether oxygens (including phenoxy) is 1. The van der Waals surface area contributed by atoms with Crippen molar-refractivity contribution in [2.75, 3.05) is 37.6 Å². The van der Waals surface area contributed by atoms with Crippen LogP contribution in [0.25, 0.3) is 0 Å². The molecule has 0 bridgehead atoms. The van der Waals surface area contributed by atoms with Gasteiger partial charge in [-0.2, -0.15) is 0 Å². The van der Waals surface area contributed by atoms with Crippen LogP contribution in [-0.2, 0) is 9.53 Å². The fourth-order valence-electron chi connectivity index (χ4n) is 2.25. The van der Waals surface area contributed by atoms with Gasteiger partial charge in [0.25, 0.3) is 0 Å². The maximum Gasteiger partial charge on any atom is 0.320 e. The van der Waals surface area contributed by atoms with Crippen LogP contribution in [0.4, 0.5) is 5.82 Å². The van der Waals surface area contributed by atoms with Gasteiger partial charge in [0.1, 0.15) is 11.4 Å². The lowest BCUT2D eigenvalue weighted by Crippen LogP contribution is -2.48. The molecule has 0 N–H and O–H groups in total. The number of carbonyl (C=O) groups excluding carboxylic acids is 1. The van der Waals surface area contributed by atoms with Gasteiger partial charge in [-0.1, -0.05) is 0 Å². The third kappa shape index (κ3) is 5.43. The van der Waals surface area contributed by atoms with Crippen molar-refractivity contribution in [1.29, 1.82) is 0 Å². The smallest absolute Gasteiger partial charge is 0.320 e. The number of aromatic nitrogens is 1. The molecule has 0 spiro atoms. The molecule has 1 saturated heterocycles. The highest BCUT2D eigenvalue weighted by atomic mass is 127. The second-order valence-electron chi connectivity index (χ2n) is 6.18. The lowest BCUT2D eigenvalue weighted by Gasteiger charge is -2.35. The van der Waals surface area contributed by atoms with E-state index in [4.69, 9.17) is 4.74 Å². The van der Waals surface area contributed by atoms with Crippen LogP contribution >= 0.6 is 22.6 Å². The number of nitrogens with zero attached hydrogens (tertiary/aromatic N) is 3. The zero-order chi connectivity index (χ0) is 15.5. The molecule has 1 aliphatic rings. The van der Waals surface area contributed by atoms with Gasteiger partial charge in [0, 0.05) is 35.9 Å². The van der Waals surface area contributed by atoms with Gasteiger partial charge in [-0.25, -0.2) is 4.98 Å². The molecule has 2 heterocycles. The highest BCUT2D eigenvalue weighted by molar-refractivity contribution is 14.1. The zero-order valence-electron chi connectivity index (χ0n) is 12.8. The Kier molecular flexibility index (Phi) is 5.43. The SMILES string of the molecule is CC(C)(C)OC(=O)CN1CCN(c2ccc(I)cn2)CC1. The number of hydrogen-bond acceptors (Lipinski definition) is 5. The van der Waals surface area contributed by atoms with Crippen LogP contribution in [0, 0.1) is 3.57 Å². The molecule has 0 unspecified atom stereocenters. The molecule has 0 amide bonds. The highest BCUT2D eigenvalue weighted by Gasteiger charge is 2.22. The van der Waals surface area contributed by atoms with Crippen LogP contribution in [0.5, 0.6) is 0 Å². The second kappa shape index (κ2) is 6.91. The van der Waals surface area contributed by atoms with E-state index in [1.165, 1.54) is 0 Å². The molecular weight excluding hydrogens is 381 g/mol. The summed E-state index contributed by atoms with van der Waals surface area (Å²) in [7, 11) is 0. The summed E-state index contributed by atoms with van der Waals surface area (Å²) in [5.74, 6) is 0.857. The molecule has 1 fully saturated rings. The average molecular weight is 403 g/mol. The van der Waals surface area contributed by atoms with E-state index in [-0.39, 0.29) is 5.97 Å². The van der Waals surface area contributed by atoms with Crippen molar-refractivity contribution in [2.24, 2.45) is 0 Å². The summed E-state index contributed by atoms with van der Waals surface area (Å²) in [6.45, 7) is 9.53. The first-order chi connectivity index (χ1) is 9.83. The fourth-order valence-corrected chi connectivity index (χ4v) is 2.57. The van der Waals surface area contributed by atoms with Gasteiger partial charge in [0.15, 0.2) is 0 Å². The van der Waals surface area contributed by atoms with Crippen molar-refractivity contribution in [3.05, 3.63) is 21.9 Å². The average Bonchev–Trinajstić information content (AvgIpc) is 2.38. The van der Waals surface area contributed by atoms with Gasteiger partial charge >= 0.3 is 5.97 Å². The molecular formula is C15H22IN3O2. The quantitative estimate of drug-likeness (QED) is 0.572. The maximum atomic E-state index is 11.8. The number of anilines is 1. The van der Waals surface area contributed by atoms with Gasteiger partial charge < -0.3 is 9.64 Å². The molecule has 0 atom stereocenters. The Labute approximate surface area is 139 Å². The molecule has 0 aliphatic carbocycles. The summed E-state index contributed by atoms with van der Waals surface area (Å²) in [5, 5.41) is 0. The Hall–Kier alpha value is -0.890. The van der Waals surface area contributed by atoms with Crippen molar-refractivity contribution in [3.63, 3.8) is 0 Å². The van der Waals surface area contributed by atoms with Crippen molar-refractivity contribution < 1.29 is 9.53 Å². The van der Waals surface area contributed by atoms with E-state index in [0.717, 1.165) is 35.6 Å². The van der Waals surface area contributed by atoms with E-state index < -0.39 is 5.60 Å². The molecule has 1 aromatic rings. The van der Waals surface area contributed by atoms with Crippen molar-refractivity contribution >= 4 is 34.4 Å². The second-order valence-corrected chi connectivity index (χ2v) is 7.43. The molecule has 6 heteroatoms. The maximum absolute atomic E-state index is 11.8. The minimum Gasteiger partial charge on any atom is -0.459 e. The number of esters is 1. The third-order valence-electron chi connectivity index (χ3n) is 3.18. The lowest BCUT2D eigenvalue weighted by molar-refractivity contribution is -0.156. The van der Waals surface area contributed by atoms with Crippen molar-refractivity contribution in [2.45, 2.75) is 26.4 Å². The minimum atomic E-state index is -0.413. The Morgan fingerprint density at radius 2 is 1.95 bits per heavy atom. The molecule has 1 aliphatic heterocycles. The molecule has 2 rings (SSSR count). The number of carbonyl (C=O) groups is 1. The first kappa shape index (κ1) is 16.5. The standard InChI is InChI=1S/C15H22IN3O2/c1-15(2,3)21-14(20)11-18-6-8-19(9-7-18)13-5-4-12(16)10-17-13/h4-5,10H,6-9,11H2,1-3H3. The minimum absolute atomic E-state index is 0.150. The lowest BCUT2D eigenvalue weighted by atomic mass is 10.2. The molecule has 5 nitrogen and oxygen atoms in total. The number of hydrogen-bond donors (Lipinski definition) is 0. The first-order valence-corrected chi connectivity index (χ1v) is 8.22. The Morgan fingerprint density at radius 1 is 1.29 bits per heavy atom. The van der Waals surface area contributed by atoms with E-state index >= 15 is 0 Å². The normalized spacial score (nSPS) is 16.9. The number of pyridine rings is 1. The predicted molar refractivity (Wildman–Crippen MR) is 91.5 cm³/mol. The monoisotopic (exact) mass is 403 g/mol. The summed E-state index contributed by atoms with van der Waals surface area (Å²) in [6, 6.07) is 4.11. The molecule has 1 aromatic heterocycles. The predicted octanol–water partition coefficient (Wildman–Crippen LogP) is 2.15. The van der Waals surface area contributed by atoms with Crippen LogP contribution in [0.3, 0.4) is 0 Å². The van der Waals surface area contributed by atoms with Crippen molar-refractivity contribution in [1.82, 2.24) is 9.88 Å². The van der Waals surface area contributed by atoms with E-state index in [1.54, 1.807) is 0 Å². The summed E-state index contributed by atoms with van der Waals surface area (Å²) in [6.07, 6.45) is 1.88. The Morgan fingerprint density at radius 3 is 2.48 bits per heavy atom. The van der Waals surface area contributed by atoms with Crippen LogP contribution in [-0.4, -0.2) is 54.2 Å². The Bertz CT molecular complexity index is 477. The van der Waals surface area contributed by atoms with Crippen molar-refractivity contribution in [3.8, 4) is 0 Å². The van der Waals surface area contributed by atoms with E-state index in [2.05, 4.69) is 43.4 Å². The van der Waals surface area contributed by atoms with Gasteiger partial charge in [-0.05, 0) is 55.5 Å². The van der Waals surface area contributed by atoms with Crippen LogP contribution in [0.2, 0.25) is 0 Å². The van der Waals surface area contributed by atoms with E-state index in [9.17, 15) is 4.79 Å². The summed E-state index contributed by atoms with van der Waals surface area (Å²) in [5.41, 5.74) is -0.413. The van der Waals surface area contributed by atoms with Gasteiger partial charge in [-0.3, -0.25) is 9.69 Å². The molecule has 116 valence electrons. The van der Waals surface area contributed by atoms with Crippen LogP contribution < -0.4 is 4.90 Å². The highest BCUT2D eigenvalue weighted by Crippen LogP contribution is 2.15. The fraction of sp³-hybridized carbons (Fsp3) is 0.600. The molecule has 0 aromatic carbocycles. The van der Waals surface area contributed by atoms with E-state index in [1.807, 2.05) is 33.0 Å². The third-order valence-corrected chi connectivity index (χ3v) is 3.82. The van der Waals surface area contributed by atoms with Gasteiger partial charge in [-0.15, -0.1) is 0 Å². The molecule has 0 saturated carbocycles. The first-order valence-electron chi connectivity index (χ1n) is 7.14. The molecule has 0 radical (unpaired) electrons. The van der Waals surface area contributed by atoms with Crippen LogP contribution in [0.15, 0.2) is 18.3 Å². The van der Waals surface area contributed by atoms with Gasteiger partial charge in [0.2, 0.25) is 0 Å². The topological polar surface area (TPSA) is 45.7 Å². The number of halogens is 1. The van der Waals surface area contributed by atoms with E-state index in [0.29, 0.717) is 6.54 Å². The Balaban J connectivity index is 1.80. The number of rotatable bonds is 3. The summed E-state index contributed by atoms with van der Waals surface area (Å²) in [4.78, 5) is 20.7.